The Morgan fingerprint density at radius 2 is 1.11 bits per heavy atom. The number of hydrogen-bond acceptors (Lipinski definition) is 2. The summed E-state index contributed by atoms with van der Waals surface area (Å²) in [7, 11) is 4.49. The molecule has 0 aliphatic carbocycles. The van der Waals surface area contributed by atoms with E-state index in [1.54, 1.807) is 0 Å². The molecule has 0 bridgehead atoms. The molecule has 0 unspecified atom stereocenters. The molecule has 4 heteroatoms. The van der Waals surface area contributed by atoms with Crippen LogP contribution >= 0.6 is 45.2 Å². The monoisotopic (exact) mass is 494 g/mol. The first-order valence-electron chi connectivity index (χ1n) is 7.30. The number of nitrogens with zero attached hydrogens (tertiary/aromatic N) is 2. The van der Waals surface area contributed by atoms with E-state index in [-0.39, 0.29) is 0 Å². The minimum atomic E-state index is 0.507. The molecule has 19 heavy (non-hydrogen) atoms. The van der Waals surface area contributed by atoms with Crippen LogP contribution in [0.25, 0.3) is 0 Å². The predicted octanol–water partition coefficient (Wildman–Crippen LogP) is 4.30. The highest BCUT2D eigenvalue weighted by Crippen LogP contribution is 2.32. The maximum atomic E-state index is 2.59. The molecule has 0 aromatic heterocycles. The number of hydrogen-bond donors (Lipinski definition) is 0. The van der Waals surface area contributed by atoms with Gasteiger partial charge in [0.25, 0.3) is 0 Å². The van der Waals surface area contributed by atoms with E-state index in [9.17, 15) is 0 Å². The number of halogens is 2. The van der Waals surface area contributed by atoms with Gasteiger partial charge in [-0.05, 0) is 73.1 Å². The van der Waals surface area contributed by atoms with Crippen LogP contribution in [0.1, 0.15) is 40.5 Å². The van der Waals surface area contributed by atoms with Gasteiger partial charge in [0.2, 0.25) is 0 Å². The fourth-order valence-corrected chi connectivity index (χ4v) is 4.87. The molecule has 0 aliphatic heterocycles. The number of alkyl halides is 2. The molecule has 0 rings (SSSR count). The van der Waals surface area contributed by atoms with Crippen molar-refractivity contribution in [3.05, 3.63) is 0 Å². The summed E-state index contributed by atoms with van der Waals surface area (Å²) in [5.74, 6) is 0. The Hall–Kier alpha value is 1.38. The highest BCUT2D eigenvalue weighted by molar-refractivity contribution is 14.1. The van der Waals surface area contributed by atoms with Gasteiger partial charge in [0.1, 0.15) is 0 Å². The minimum Gasteiger partial charge on any atom is -0.304 e. The second-order valence-corrected chi connectivity index (χ2v) is 7.94. The quantitative estimate of drug-likeness (QED) is 0.330. The average Bonchev–Trinajstić information content (AvgIpc) is 2.38. The second kappa shape index (κ2) is 10.2. The largest absolute Gasteiger partial charge is 0.304 e. The molecule has 2 nitrogen and oxygen atoms in total. The minimum absolute atomic E-state index is 0.507. The van der Waals surface area contributed by atoms with Crippen LogP contribution in [0.3, 0.4) is 0 Å². The van der Waals surface area contributed by atoms with Gasteiger partial charge in [-0.1, -0.05) is 45.2 Å². The van der Waals surface area contributed by atoms with Gasteiger partial charge in [0.15, 0.2) is 0 Å². The summed E-state index contributed by atoms with van der Waals surface area (Å²) in [6, 6.07) is 1.30. The van der Waals surface area contributed by atoms with Gasteiger partial charge in [0.05, 0.1) is 0 Å². The van der Waals surface area contributed by atoms with Crippen LogP contribution in [-0.2, 0) is 0 Å². The van der Waals surface area contributed by atoms with Gasteiger partial charge in [-0.15, -0.1) is 0 Å². The summed E-state index contributed by atoms with van der Waals surface area (Å²) in [6.45, 7) is 11.6. The van der Waals surface area contributed by atoms with Crippen molar-refractivity contribution < 1.29 is 0 Å². The molecule has 0 N–H and O–H groups in total. The molecule has 0 saturated heterocycles. The van der Waals surface area contributed by atoms with Gasteiger partial charge in [-0.2, -0.15) is 0 Å². The SMILES string of the molecule is CC(C)N(C)CCC(CI)(CI)CCN(C)C(C)C. The van der Waals surface area contributed by atoms with Crippen molar-refractivity contribution >= 4 is 45.2 Å². The molecule has 0 radical (unpaired) electrons. The predicted molar refractivity (Wildman–Crippen MR) is 105 cm³/mol. The smallest absolute Gasteiger partial charge is 0.00603 e. The van der Waals surface area contributed by atoms with Gasteiger partial charge in [0, 0.05) is 20.9 Å². The first kappa shape index (κ1) is 20.4. The normalized spacial score (nSPS) is 13.3. The van der Waals surface area contributed by atoms with E-state index in [0.717, 1.165) is 0 Å². The van der Waals surface area contributed by atoms with Crippen molar-refractivity contribution in [2.24, 2.45) is 5.41 Å². The lowest BCUT2D eigenvalue weighted by atomic mass is 9.85. The average molecular weight is 494 g/mol. The van der Waals surface area contributed by atoms with E-state index in [0.29, 0.717) is 17.5 Å². The zero-order chi connectivity index (χ0) is 15.1. The summed E-state index contributed by atoms with van der Waals surface area (Å²) in [6.07, 6.45) is 2.64. The Kier molecular flexibility index (Phi) is 10.9. The topological polar surface area (TPSA) is 6.48 Å². The molecular formula is C15H32I2N2. The van der Waals surface area contributed by atoms with E-state index in [1.807, 2.05) is 0 Å². The second-order valence-electron chi connectivity index (χ2n) is 6.42. The van der Waals surface area contributed by atoms with Gasteiger partial charge < -0.3 is 9.80 Å². The third-order valence-corrected chi connectivity index (χ3v) is 7.56. The lowest BCUT2D eigenvalue weighted by Crippen LogP contribution is -2.37. The van der Waals surface area contributed by atoms with E-state index in [1.165, 1.54) is 34.8 Å². The molecule has 0 saturated carbocycles. The zero-order valence-electron chi connectivity index (χ0n) is 13.5. The first-order valence-corrected chi connectivity index (χ1v) is 10.4. The Balaban J connectivity index is 4.41. The van der Waals surface area contributed by atoms with Gasteiger partial charge in [-0.3, -0.25) is 0 Å². The maximum Gasteiger partial charge on any atom is 0.00603 e. The van der Waals surface area contributed by atoms with Crippen LogP contribution in [0.2, 0.25) is 0 Å². The van der Waals surface area contributed by atoms with Crippen molar-refractivity contribution in [2.75, 3.05) is 36.0 Å². The summed E-state index contributed by atoms with van der Waals surface area (Å²) in [5, 5.41) is 0. The summed E-state index contributed by atoms with van der Waals surface area (Å²) in [4.78, 5) is 4.94. The highest BCUT2D eigenvalue weighted by Gasteiger charge is 2.28. The molecule has 116 valence electrons. The molecule has 0 aliphatic rings. The molecule has 0 aromatic rings. The fourth-order valence-electron chi connectivity index (χ4n) is 1.77. The van der Waals surface area contributed by atoms with Crippen LogP contribution in [0, 0.1) is 5.41 Å². The standard InChI is InChI=1S/C15H32I2N2/c1-13(2)18(5)9-7-15(11-16,12-17)8-10-19(6)14(3)4/h13-14H,7-12H2,1-6H3. The zero-order valence-corrected chi connectivity index (χ0v) is 17.9. The maximum absolute atomic E-state index is 2.59. The van der Waals surface area contributed by atoms with E-state index in [2.05, 4.69) is 96.8 Å². The third-order valence-electron chi connectivity index (χ3n) is 4.32. The highest BCUT2D eigenvalue weighted by atomic mass is 127. The lowest BCUT2D eigenvalue weighted by Gasteiger charge is -2.35. The molecule has 0 spiro atoms. The van der Waals surface area contributed by atoms with E-state index >= 15 is 0 Å². The third kappa shape index (κ3) is 7.81. The Morgan fingerprint density at radius 3 is 1.32 bits per heavy atom. The van der Waals surface area contributed by atoms with E-state index < -0.39 is 0 Å². The molecule has 0 heterocycles. The molecule has 0 aromatic carbocycles. The van der Waals surface area contributed by atoms with Crippen LogP contribution < -0.4 is 0 Å². The first-order chi connectivity index (χ1) is 8.78. The van der Waals surface area contributed by atoms with Crippen molar-refractivity contribution in [2.45, 2.75) is 52.6 Å². The molecule has 0 amide bonds. The van der Waals surface area contributed by atoms with Crippen molar-refractivity contribution in [1.29, 1.82) is 0 Å². The molecular weight excluding hydrogens is 462 g/mol. The Labute approximate surface area is 148 Å². The van der Waals surface area contributed by atoms with Crippen molar-refractivity contribution in [3.63, 3.8) is 0 Å². The summed E-state index contributed by atoms with van der Waals surface area (Å²) >= 11 is 5.18. The molecule has 0 fully saturated rings. The van der Waals surface area contributed by atoms with Crippen molar-refractivity contribution in [3.8, 4) is 0 Å². The van der Waals surface area contributed by atoms with Crippen LogP contribution in [0.4, 0.5) is 0 Å². The van der Waals surface area contributed by atoms with Crippen LogP contribution in [0.15, 0.2) is 0 Å². The van der Waals surface area contributed by atoms with Crippen LogP contribution in [0.5, 0.6) is 0 Å². The van der Waals surface area contributed by atoms with Crippen molar-refractivity contribution in [1.82, 2.24) is 9.80 Å². The Bertz CT molecular complexity index is 208. The van der Waals surface area contributed by atoms with Gasteiger partial charge >= 0.3 is 0 Å². The fraction of sp³-hybridized carbons (Fsp3) is 1.00. The molecule has 0 atom stereocenters. The summed E-state index contributed by atoms with van der Waals surface area (Å²) < 4.78 is 2.54. The van der Waals surface area contributed by atoms with E-state index in [4.69, 9.17) is 0 Å². The van der Waals surface area contributed by atoms with Gasteiger partial charge in [-0.25, -0.2) is 0 Å². The lowest BCUT2D eigenvalue weighted by molar-refractivity contribution is 0.187. The summed E-state index contributed by atoms with van der Waals surface area (Å²) in [5.41, 5.74) is 0.507. The number of rotatable bonds is 10. The van der Waals surface area contributed by atoms with Crippen LogP contribution in [-0.4, -0.2) is 57.9 Å². The Morgan fingerprint density at radius 1 is 0.789 bits per heavy atom.